The van der Waals surface area contributed by atoms with Crippen LogP contribution in [0.25, 0.3) is 0 Å². The Hall–Kier alpha value is -1.22. The van der Waals surface area contributed by atoms with E-state index in [9.17, 15) is 4.79 Å². The monoisotopic (exact) mass is 201 g/mol. The molecule has 0 aromatic heterocycles. The first kappa shape index (κ1) is 11.8. The zero-order valence-corrected chi connectivity index (χ0v) is 7.92. The van der Waals surface area contributed by atoms with Crippen LogP contribution in [0.5, 0.6) is 5.75 Å². The van der Waals surface area contributed by atoms with Crippen molar-refractivity contribution in [2.24, 2.45) is 5.73 Å². The van der Waals surface area contributed by atoms with Crippen LogP contribution < -0.4 is 10.5 Å². The van der Waals surface area contributed by atoms with Crippen molar-refractivity contribution in [2.75, 3.05) is 6.61 Å². The first-order chi connectivity index (χ1) is 5.79. The molecule has 72 valence electrons. The van der Waals surface area contributed by atoms with E-state index in [4.69, 9.17) is 10.5 Å². The molecule has 2 N–H and O–H groups in total. The fourth-order valence-electron chi connectivity index (χ4n) is 0.786. The maximum absolute atomic E-state index is 10.3. The summed E-state index contributed by atoms with van der Waals surface area (Å²) in [6, 6.07) is 9.32. The molecule has 0 aliphatic rings. The van der Waals surface area contributed by atoms with Crippen LogP contribution in [0, 0.1) is 0 Å². The summed E-state index contributed by atoms with van der Waals surface area (Å²) >= 11 is 0. The highest BCUT2D eigenvalue weighted by Crippen LogP contribution is 2.07. The lowest BCUT2D eigenvalue weighted by molar-refractivity contribution is -0.118. The highest BCUT2D eigenvalue weighted by molar-refractivity contribution is 5.85. The molecule has 1 amide bonds. The van der Waals surface area contributed by atoms with E-state index in [1.807, 2.05) is 30.3 Å². The van der Waals surface area contributed by atoms with Crippen molar-refractivity contribution in [3.63, 3.8) is 0 Å². The van der Waals surface area contributed by atoms with Gasteiger partial charge in [0.05, 0.1) is 13.0 Å². The van der Waals surface area contributed by atoms with Crippen LogP contribution in [0.1, 0.15) is 6.42 Å². The zero-order valence-electron chi connectivity index (χ0n) is 7.10. The molecule has 0 unspecified atom stereocenters. The Morgan fingerprint density at radius 3 is 2.46 bits per heavy atom. The number of hydrogen-bond donors (Lipinski definition) is 1. The molecule has 0 spiro atoms. The molecule has 0 fully saturated rings. The molecule has 1 rings (SSSR count). The Morgan fingerprint density at radius 1 is 1.31 bits per heavy atom. The first-order valence-corrected chi connectivity index (χ1v) is 3.75. The van der Waals surface area contributed by atoms with Crippen LogP contribution in [0.4, 0.5) is 0 Å². The maximum atomic E-state index is 10.3. The lowest BCUT2D eigenvalue weighted by atomic mass is 10.3. The SMILES string of the molecule is Cl.NC(=O)CCOc1ccccc1. The summed E-state index contributed by atoms with van der Waals surface area (Å²) in [5.74, 6) is 0.421. The molecule has 0 saturated carbocycles. The standard InChI is InChI=1S/C9H11NO2.ClH/c10-9(11)6-7-12-8-4-2-1-3-5-8;/h1-5H,6-7H2,(H2,10,11);1H. The topological polar surface area (TPSA) is 52.3 Å². The van der Waals surface area contributed by atoms with Gasteiger partial charge in [0.15, 0.2) is 0 Å². The molecule has 0 heterocycles. The van der Waals surface area contributed by atoms with E-state index in [1.165, 1.54) is 0 Å². The highest BCUT2D eigenvalue weighted by Gasteiger charge is 1.94. The Labute approximate surface area is 83.3 Å². The molecular weight excluding hydrogens is 190 g/mol. The van der Waals surface area contributed by atoms with Crippen LogP contribution in [-0.4, -0.2) is 12.5 Å². The summed E-state index contributed by atoms with van der Waals surface area (Å²) in [4.78, 5) is 10.3. The third-order valence-electron chi connectivity index (χ3n) is 1.36. The summed E-state index contributed by atoms with van der Waals surface area (Å²) in [7, 11) is 0. The van der Waals surface area contributed by atoms with Gasteiger partial charge >= 0.3 is 0 Å². The van der Waals surface area contributed by atoms with Gasteiger partial charge in [-0.15, -0.1) is 12.4 Å². The molecule has 13 heavy (non-hydrogen) atoms. The van der Waals surface area contributed by atoms with Crippen molar-refractivity contribution in [1.29, 1.82) is 0 Å². The largest absolute Gasteiger partial charge is 0.493 e. The summed E-state index contributed by atoms with van der Waals surface area (Å²) in [5.41, 5.74) is 4.94. The van der Waals surface area contributed by atoms with E-state index >= 15 is 0 Å². The molecule has 0 atom stereocenters. The quantitative estimate of drug-likeness (QED) is 0.800. The van der Waals surface area contributed by atoms with Crippen molar-refractivity contribution in [2.45, 2.75) is 6.42 Å². The van der Waals surface area contributed by atoms with Gasteiger partial charge < -0.3 is 10.5 Å². The van der Waals surface area contributed by atoms with Gasteiger partial charge in [-0.2, -0.15) is 0 Å². The summed E-state index contributed by atoms with van der Waals surface area (Å²) in [6.07, 6.45) is 0.259. The summed E-state index contributed by atoms with van der Waals surface area (Å²) in [6.45, 7) is 0.347. The van der Waals surface area contributed by atoms with E-state index in [0.717, 1.165) is 5.75 Å². The smallest absolute Gasteiger partial charge is 0.220 e. The fourth-order valence-corrected chi connectivity index (χ4v) is 0.786. The molecule has 0 aliphatic heterocycles. The van der Waals surface area contributed by atoms with Crippen molar-refractivity contribution in [1.82, 2.24) is 0 Å². The van der Waals surface area contributed by atoms with Gasteiger partial charge in [-0.3, -0.25) is 4.79 Å². The fraction of sp³-hybridized carbons (Fsp3) is 0.222. The molecule has 0 bridgehead atoms. The minimum Gasteiger partial charge on any atom is -0.493 e. The van der Waals surface area contributed by atoms with E-state index in [2.05, 4.69) is 0 Å². The van der Waals surface area contributed by atoms with Gasteiger partial charge in [-0.25, -0.2) is 0 Å². The number of ether oxygens (including phenoxy) is 1. The van der Waals surface area contributed by atoms with Gasteiger partial charge in [0.1, 0.15) is 5.75 Å². The molecular formula is C9H12ClNO2. The molecule has 0 saturated heterocycles. The zero-order chi connectivity index (χ0) is 8.81. The van der Waals surface area contributed by atoms with Crippen LogP contribution in [-0.2, 0) is 4.79 Å². The second-order valence-electron chi connectivity index (χ2n) is 2.38. The third-order valence-corrected chi connectivity index (χ3v) is 1.36. The second-order valence-corrected chi connectivity index (χ2v) is 2.38. The minimum absolute atomic E-state index is 0. The lowest BCUT2D eigenvalue weighted by Crippen LogP contribution is -2.14. The third kappa shape index (κ3) is 5.09. The number of primary amides is 1. The van der Waals surface area contributed by atoms with Crippen LogP contribution in [0.3, 0.4) is 0 Å². The highest BCUT2D eigenvalue weighted by atomic mass is 35.5. The predicted molar refractivity (Wildman–Crippen MR) is 53.0 cm³/mol. The molecule has 1 aromatic rings. The molecule has 4 heteroatoms. The molecule has 1 aromatic carbocycles. The number of carbonyl (C=O) groups is 1. The van der Waals surface area contributed by atoms with Gasteiger partial charge in [-0.1, -0.05) is 18.2 Å². The Morgan fingerprint density at radius 2 is 1.92 bits per heavy atom. The normalized spacial score (nSPS) is 8.62. The van der Waals surface area contributed by atoms with Gasteiger partial charge in [0, 0.05) is 0 Å². The van der Waals surface area contributed by atoms with Crippen LogP contribution in [0.2, 0.25) is 0 Å². The van der Waals surface area contributed by atoms with Crippen molar-refractivity contribution < 1.29 is 9.53 Å². The van der Waals surface area contributed by atoms with E-state index in [1.54, 1.807) is 0 Å². The van der Waals surface area contributed by atoms with Crippen molar-refractivity contribution in [3.8, 4) is 5.75 Å². The molecule has 0 aliphatic carbocycles. The Balaban J connectivity index is 0.00000144. The van der Waals surface area contributed by atoms with E-state index in [0.29, 0.717) is 6.61 Å². The summed E-state index contributed by atoms with van der Waals surface area (Å²) < 4.78 is 5.22. The predicted octanol–water partition coefficient (Wildman–Crippen LogP) is 1.36. The lowest BCUT2D eigenvalue weighted by Gasteiger charge is -2.02. The Bertz CT molecular complexity index is 251. The number of amides is 1. The van der Waals surface area contributed by atoms with Crippen LogP contribution in [0.15, 0.2) is 30.3 Å². The summed E-state index contributed by atoms with van der Waals surface area (Å²) in [5, 5.41) is 0. The Kier molecular flexibility index (Phi) is 5.72. The number of rotatable bonds is 4. The van der Waals surface area contributed by atoms with Gasteiger partial charge in [0.2, 0.25) is 5.91 Å². The average Bonchev–Trinajstić information content (AvgIpc) is 2.05. The number of hydrogen-bond acceptors (Lipinski definition) is 2. The number of halogens is 1. The number of nitrogens with two attached hydrogens (primary N) is 1. The number of benzene rings is 1. The maximum Gasteiger partial charge on any atom is 0.220 e. The number of para-hydroxylation sites is 1. The first-order valence-electron chi connectivity index (χ1n) is 3.75. The van der Waals surface area contributed by atoms with E-state index < -0.39 is 0 Å². The molecule has 3 nitrogen and oxygen atoms in total. The van der Waals surface area contributed by atoms with Crippen LogP contribution >= 0.6 is 12.4 Å². The van der Waals surface area contributed by atoms with Crippen molar-refractivity contribution >= 4 is 18.3 Å². The van der Waals surface area contributed by atoms with Gasteiger partial charge in [-0.05, 0) is 12.1 Å². The number of carbonyl (C=O) groups excluding carboxylic acids is 1. The second kappa shape index (κ2) is 6.31. The van der Waals surface area contributed by atoms with Crippen molar-refractivity contribution in [3.05, 3.63) is 30.3 Å². The van der Waals surface area contributed by atoms with E-state index in [-0.39, 0.29) is 24.7 Å². The average molecular weight is 202 g/mol. The van der Waals surface area contributed by atoms with Gasteiger partial charge in [0.25, 0.3) is 0 Å². The minimum atomic E-state index is -0.342. The molecule has 0 radical (unpaired) electrons.